The van der Waals surface area contributed by atoms with Crippen molar-refractivity contribution in [3.8, 4) is 0 Å². The summed E-state index contributed by atoms with van der Waals surface area (Å²) in [7, 11) is 0. The first-order chi connectivity index (χ1) is 10.0. The molecule has 1 aromatic rings. The summed E-state index contributed by atoms with van der Waals surface area (Å²) in [6.45, 7) is 4.98. The minimum Gasteiger partial charge on any atom is -0.362 e. The van der Waals surface area contributed by atoms with E-state index < -0.39 is 5.60 Å². The molecule has 6 heteroatoms. The number of carbonyl (C=O) groups is 2. The number of ether oxygens (including phenoxy) is 1. The van der Waals surface area contributed by atoms with E-state index in [0.717, 1.165) is 12.0 Å². The third-order valence-corrected chi connectivity index (χ3v) is 3.65. The van der Waals surface area contributed by atoms with Crippen molar-refractivity contribution in [3.05, 3.63) is 30.1 Å². The van der Waals surface area contributed by atoms with Gasteiger partial charge < -0.3 is 15.0 Å². The first kappa shape index (κ1) is 15.4. The molecule has 1 fully saturated rings. The highest BCUT2D eigenvalue weighted by Crippen LogP contribution is 2.18. The van der Waals surface area contributed by atoms with Gasteiger partial charge in [0.2, 0.25) is 5.91 Å². The average Bonchev–Trinajstić information content (AvgIpc) is 2.48. The Bertz CT molecular complexity index is 506. The Morgan fingerprint density at radius 3 is 2.81 bits per heavy atom. The summed E-state index contributed by atoms with van der Waals surface area (Å²) in [5, 5.41) is 2.88. The van der Waals surface area contributed by atoms with Gasteiger partial charge in [-0.3, -0.25) is 14.6 Å². The minimum atomic E-state index is -0.970. The van der Waals surface area contributed by atoms with Gasteiger partial charge in [0.25, 0.3) is 5.91 Å². The second-order valence-corrected chi connectivity index (χ2v) is 5.38. The Balaban J connectivity index is 1.85. The van der Waals surface area contributed by atoms with Crippen LogP contribution in [0, 0.1) is 0 Å². The molecule has 0 aliphatic carbocycles. The van der Waals surface area contributed by atoms with Gasteiger partial charge in [-0.1, -0.05) is 0 Å². The number of nitrogens with one attached hydrogen (secondary N) is 1. The molecule has 2 rings (SSSR count). The van der Waals surface area contributed by atoms with Crippen molar-refractivity contribution in [3.63, 3.8) is 0 Å². The third kappa shape index (κ3) is 4.01. The summed E-state index contributed by atoms with van der Waals surface area (Å²) < 4.78 is 5.59. The van der Waals surface area contributed by atoms with Crippen LogP contribution in [0.1, 0.15) is 19.4 Å². The molecule has 6 nitrogen and oxygen atoms in total. The summed E-state index contributed by atoms with van der Waals surface area (Å²) in [5.41, 5.74) is 0.146. The molecule has 1 aliphatic heterocycles. The Morgan fingerprint density at radius 2 is 2.14 bits per heavy atom. The molecule has 2 heterocycles. The number of hydrogen-bond donors (Lipinski definition) is 1. The molecule has 0 radical (unpaired) electrons. The second kappa shape index (κ2) is 6.67. The van der Waals surface area contributed by atoms with E-state index in [2.05, 4.69) is 10.3 Å². The fraction of sp³-hybridized carbons (Fsp3) is 0.533. The molecule has 1 aliphatic rings. The topological polar surface area (TPSA) is 71.5 Å². The summed E-state index contributed by atoms with van der Waals surface area (Å²) >= 11 is 0. The van der Waals surface area contributed by atoms with E-state index in [0.29, 0.717) is 26.2 Å². The highest BCUT2D eigenvalue weighted by Gasteiger charge is 2.39. The predicted octanol–water partition coefficient (Wildman–Crippen LogP) is 0.378. The predicted molar refractivity (Wildman–Crippen MR) is 77.6 cm³/mol. The molecule has 1 aromatic heterocycles. The van der Waals surface area contributed by atoms with E-state index in [-0.39, 0.29) is 11.8 Å². The molecule has 0 bridgehead atoms. The molecule has 1 N–H and O–H groups in total. The van der Waals surface area contributed by atoms with Gasteiger partial charge in [-0.05, 0) is 31.0 Å². The molecule has 114 valence electrons. The van der Waals surface area contributed by atoms with Gasteiger partial charge in [-0.25, -0.2) is 0 Å². The van der Waals surface area contributed by atoms with Crippen LogP contribution in [0.3, 0.4) is 0 Å². The largest absolute Gasteiger partial charge is 0.362 e. The van der Waals surface area contributed by atoms with E-state index in [9.17, 15) is 9.59 Å². The lowest BCUT2D eigenvalue weighted by Gasteiger charge is -2.38. The van der Waals surface area contributed by atoms with Gasteiger partial charge in [0.05, 0.1) is 13.2 Å². The highest BCUT2D eigenvalue weighted by atomic mass is 16.5. The summed E-state index contributed by atoms with van der Waals surface area (Å²) in [4.78, 5) is 29.3. The van der Waals surface area contributed by atoms with E-state index >= 15 is 0 Å². The molecule has 2 amide bonds. The number of morpholine rings is 1. The number of aromatic nitrogens is 1. The average molecular weight is 291 g/mol. The zero-order chi connectivity index (χ0) is 15.3. The summed E-state index contributed by atoms with van der Waals surface area (Å²) in [5.74, 6) is -0.211. The maximum absolute atomic E-state index is 12.3. The number of hydrogen-bond acceptors (Lipinski definition) is 4. The number of rotatable bonds is 4. The quantitative estimate of drug-likeness (QED) is 0.870. The van der Waals surface area contributed by atoms with Crippen molar-refractivity contribution in [2.75, 3.05) is 26.2 Å². The van der Waals surface area contributed by atoms with Crippen molar-refractivity contribution >= 4 is 11.8 Å². The first-order valence-corrected chi connectivity index (χ1v) is 7.08. The first-order valence-electron chi connectivity index (χ1n) is 7.08. The number of nitrogens with zero attached hydrogens (tertiary/aromatic N) is 2. The maximum atomic E-state index is 12.3. The molecule has 0 spiro atoms. The highest BCUT2D eigenvalue weighted by molar-refractivity contribution is 5.86. The van der Waals surface area contributed by atoms with Crippen LogP contribution >= 0.6 is 0 Å². The van der Waals surface area contributed by atoms with Gasteiger partial charge >= 0.3 is 0 Å². The van der Waals surface area contributed by atoms with E-state index in [4.69, 9.17) is 4.74 Å². The molecule has 0 aromatic carbocycles. The number of carbonyl (C=O) groups excluding carboxylic acids is 2. The minimum absolute atomic E-state index is 0.0332. The molecular weight excluding hydrogens is 270 g/mol. The zero-order valence-electron chi connectivity index (χ0n) is 12.5. The van der Waals surface area contributed by atoms with Crippen LogP contribution in [0.5, 0.6) is 0 Å². The SMILES string of the molecule is CC(=O)N1CCO[C@](C)(C(=O)NCCc2ccncc2)C1. The van der Waals surface area contributed by atoms with Crippen LogP contribution in [0.2, 0.25) is 0 Å². The van der Waals surface area contributed by atoms with Crippen molar-refractivity contribution < 1.29 is 14.3 Å². The van der Waals surface area contributed by atoms with E-state index in [1.165, 1.54) is 6.92 Å². The maximum Gasteiger partial charge on any atom is 0.253 e. The van der Waals surface area contributed by atoms with E-state index in [1.807, 2.05) is 12.1 Å². The van der Waals surface area contributed by atoms with Crippen LogP contribution < -0.4 is 5.32 Å². The lowest BCUT2D eigenvalue weighted by Crippen LogP contribution is -2.59. The van der Waals surface area contributed by atoms with Crippen molar-refractivity contribution in [1.82, 2.24) is 15.2 Å². The molecule has 0 saturated carbocycles. The normalized spacial score (nSPS) is 21.9. The fourth-order valence-electron chi connectivity index (χ4n) is 2.33. The van der Waals surface area contributed by atoms with Gasteiger partial charge in [-0.2, -0.15) is 0 Å². The summed E-state index contributed by atoms with van der Waals surface area (Å²) in [6.07, 6.45) is 4.20. The molecular formula is C15H21N3O3. The number of amides is 2. The van der Waals surface area contributed by atoms with Gasteiger partial charge in [0.15, 0.2) is 5.60 Å². The van der Waals surface area contributed by atoms with Crippen molar-refractivity contribution in [2.45, 2.75) is 25.9 Å². The van der Waals surface area contributed by atoms with Crippen LogP contribution in [0.25, 0.3) is 0 Å². The second-order valence-electron chi connectivity index (χ2n) is 5.38. The Morgan fingerprint density at radius 1 is 1.43 bits per heavy atom. The number of pyridine rings is 1. The lowest BCUT2D eigenvalue weighted by atomic mass is 10.0. The van der Waals surface area contributed by atoms with Gasteiger partial charge in [-0.15, -0.1) is 0 Å². The molecule has 1 atom stereocenters. The molecule has 21 heavy (non-hydrogen) atoms. The molecule has 0 unspecified atom stereocenters. The van der Waals surface area contributed by atoms with Crippen molar-refractivity contribution in [2.24, 2.45) is 0 Å². The monoisotopic (exact) mass is 291 g/mol. The van der Waals surface area contributed by atoms with Crippen LogP contribution in [-0.2, 0) is 20.7 Å². The van der Waals surface area contributed by atoms with E-state index in [1.54, 1.807) is 24.2 Å². The summed E-state index contributed by atoms with van der Waals surface area (Å²) in [6, 6.07) is 3.84. The van der Waals surface area contributed by atoms with Crippen molar-refractivity contribution in [1.29, 1.82) is 0 Å². The van der Waals surface area contributed by atoms with Gasteiger partial charge in [0, 0.05) is 32.4 Å². The Hall–Kier alpha value is -1.95. The Kier molecular flexibility index (Phi) is 4.90. The smallest absolute Gasteiger partial charge is 0.253 e. The lowest BCUT2D eigenvalue weighted by molar-refractivity contribution is -0.161. The fourth-order valence-corrected chi connectivity index (χ4v) is 2.33. The Labute approximate surface area is 124 Å². The van der Waals surface area contributed by atoms with Gasteiger partial charge in [0.1, 0.15) is 0 Å². The molecule has 1 saturated heterocycles. The third-order valence-electron chi connectivity index (χ3n) is 3.65. The van der Waals surface area contributed by atoms with Crippen LogP contribution in [0.4, 0.5) is 0 Å². The standard InChI is InChI=1S/C15H21N3O3/c1-12(19)18-9-10-21-15(2,11-18)14(20)17-8-5-13-3-6-16-7-4-13/h3-4,6-7H,5,8-11H2,1-2H3,(H,17,20)/t15-/m0/s1. The van der Waals surface area contributed by atoms with Crippen LogP contribution in [-0.4, -0.2) is 53.5 Å². The van der Waals surface area contributed by atoms with Crippen LogP contribution in [0.15, 0.2) is 24.5 Å². The zero-order valence-corrected chi connectivity index (χ0v) is 12.5.